The molecular weight excluding hydrogens is 376 g/mol. The van der Waals surface area contributed by atoms with Crippen molar-refractivity contribution in [3.05, 3.63) is 42.1 Å². The molecule has 0 atom stereocenters. The number of carbonyl (C=O) groups is 3. The molecule has 0 aliphatic rings. The molecule has 0 fully saturated rings. The largest absolute Gasteiger partial charge is 0.497 e. The maximum atomic E-state index is 12.2. The molecule has 2 aromatic rings. The first kappa shape index (κ1) is 23.7. The van der Waals surface area contributed by atoms with E-state index in [-0.39, 0.29) is 12.5 Å². The summed E-state index contributed by atoms with van der Waals surface area (Å²) in [7, 11) is 3.39. The lowest BCUT2D eigenvalue weighted by Gasteiger charge is -2.20. The molecule has 0 bridgehead atoms. The molecule has 8 heteroatoms. The molecule has 1 aromatic carbocycles. The summed E-state index contributed by atoms with van der Waals surface area (Å²) in [6.45, 7) is 5.57. The van der Waals surface area contributed by atoms with Crippen LogP contribution in [0.2, 0.25) is 0 Å². The molecule has 1 N–H and O–H groups in total. The van der Waals surface area contributed by atoms with Gasteiger partial charge in [-0.25, -0.2) is 4.79 Å². The lowest BCUT2D eigenvalue weighted by atomic mass is 10.2. The maximum Gasteiger partial charge on any atom is 0.355 e. The normalized spacial score (nSPS) is 10.0. The van der Waals surface area contributed by atoms with E-state index in [0.717, 1.165) is 23.5 Å². The van der Waals surface area contributed by atoms with Gasteiger partial charge in [-0.05, 0) is 43.3 Å². The van der Waals surface area contributed by atoms with Crippen molar-refractivity contribution in [1.82, 2.24) is 4.57 Å². The number of aldehydes is 1. The van der Waals surface area contributed by atoms with Crippen molar-refractivity contribution in [3.8, 4) is 11.4 Å². The van der Waals surface area contributed by atoms with E-state index in [9.17, 15) is 14.4 Å². The summed E-state index contributed by atoms with van der Waals surface area (Å²) in [5, 5.41) is 7.99. The summed E-state index contributed by atoms with van der Waals surface area (Å²) >= 11 is 0. The van der Waals surface area contributed by atoms with Gasteiger partial charge in [0.25, 0.3) is 0 Å². The third-order valence-electron chi connectivity index (χ3n) is 3.91. The molecular formula is C21H28N2O6. The van der Waals surface area contributed by atoms with E-state index in [4.69, 9.17) is 14.6 Å². The number of rotatable bonds is 8. The minimum atomic E-state index is -0.741. The van der Waals surface area contributed by atoms with Gasteiger partial charge in [-0.2, -0.15) is 0 Å². The smallest absolute Gasteiger partial charge is 0.355 e. The van der Waals surface area contributed by atoms with Crippen LogP contribution >= 0.6 is 0 Å². The van der Waals surface area contributed by atoms with Crippen LogP contribution < -0.4 is 9.64 Å². The highest BCUT2D eigenvalue weighted by molar-refractivity contribution is 5.90. The van der Waals surface area contributed by atoms with Gasteiger partial charge in [-0.15, -0.1) is 0 Å². The molecule has 1 aromatic heterocycles. The number of hydrogen-bond donors (Lipinski definition) is 1. The molecule has 1 heterocycles. The topological polar surface area (TPSA) is 98.1 Å². The number of nitrogens with zero attached hydrogens (tertiary/aromatic N) is 2. The SMILES string of the molecule is CC(C)C(=O)O.CCOC(=O)c1ccc(N(C)CC=O)n1-c1ccc(OC)cc1. The summed E-state index contributed by atoms with van der Waals surface area (Å²) in [4.78, 5) is 34.5. The first-order valence-electron chi connectivity index (χ1n) is 9.17. The van der Waals surface area contributed by atoms with Crippen molar-refractivity contribution >= 4 is 24.0 Å². The van der Waals surface area contributed by atoms with Crippen molar-refractivity contribution in [1.29, 1.82) is 0 Å². The number of likely N-dealkylation sites (N-methyl/N-ethyl adjacent to an activating group) is 1. The molecule has 158 valence electrons. The number of carbonyl (C=O) groups excluding carboxylic acids is 2. The minimum absolute atomic E-state index is 0.225. The average molecular weight is 404 g/mol. The maximum absolute atomic E-state index is 12.2. The van der Waals surface area contributed by atoms with Crippen LogP contribution in [0.5, 0.6) is 5.75 Å². The number of aromatic nitrogens is 1. The molecule has 0 unspecified atom stereocenters. The van der Waals surface area contributed by atoms with Crippen molar-refractivity contribution < 1.29 is 29.0 Å². The molecule has 0 saturated heterocycles. The Bertz CT molecular complexity index is 811. The summed E-state index contributed by atoms with van der Waals surface area (Å²) in [6.07, 6.45) is 0.815. The summed E-state index contributed by atoms with van der Waals surface area (Å²) in [5.41, 5.74) is 1.19. The van der Waals surface area contributed by atoms with Crippen LogP contribution in [-0.4, -0.2) is 55.2 Å². The van der Waals surface area contributed by atoms with E-state index < -0.39 is 11.9 Å². The summed E-state index contributed by atoms with van der Waals surface area (Å²) in [5.74, 6) is 0.0702. The quantitative estimate of drug-likeness (QED) is 0.533. The van der Waals surface area contributed by atoms with Crippen LogP contribution in [0.25, 0.3) is 5.69 Å². The zero-order valence-corrected chi connectivity index (χ0v) is 17.4. The third-order valence-corrected chi connectivity index (χ3v) is 3.91. The fraction of sp³-hybridized carbons (Fsp3) is 0.381. The van der Waals surface area contributed by atoms with E-state index in [0.29, 0.717) is 12.3 Å². The number of anilines is 1. The zero-order valence-electron chi connectivity index (χ0n) is 17.4. The van der Waals surface area contributed by atoms with Crippen LogP contribution in [0, 0.1) is 5.92 Å². The number of ether oxygens (including phenoxy) is 2. The zero-order chi connectivity index (χ0) is 22.0. The molecule has 0 aliphatic heterocycles. The molecule has 0 aliphatic carbocycles. The van der Waals surface area contributed by atoms with Gasteiger partial charge in [0.1, 0.15) is 23.5 Å². The second kappa shape index (κ2) is 11.5. The van der Waals surface area contributed by atoms with E-state index in [1.54, 1.807) is 56.5 Å². The minimum Gasteiger partial charge on any atom is -0.497 e. The number of carboxylic acid groups (broad SMARTS) is 1. The molecule has 0 amide bonds. The Kier molecular flexibility index (Phi) is 9.44. The molecule has 0 saturated carbocycles. The van der Waals surface area contributed by atoms with Gasteiger partial charge in [0.15, 0.2) is 0 Å². The molecule has 0 radical (unpaired) electrons. The van der Waals surface area contributed by atoms with Crippen LogP contribution in [0.3, 0.4) is 0 Å². The first-order valence-corrected chi connectivity index (χ1v) is 9.17. The van der Waals surface area contributed by atoms with Crippen molar-refractivity contribution in [2.45, 2.75) is 20.8 Å². The predicted octanol–water partition coefficient (Wildman–Crippen LogP) is 3.02. The Morgan fingerprint density at radius 2 is 1.76 bits per heavy atom. The van der Waals surface area contributed by atoms with Gasteiger partial charge in [-0.1, -0.05) is 13.8 Å². The average Bonchev–Trinajstić information content (AvgIpc) is 3.14. The Balaban J connectivity index is 0.000000612. The number of aliphatic carboxylic acids is 1. The number of methoxy groups -OCH3 is 1. The van der Waals surface area contributed by atoms with Gasteiger partial charge < -0.3 is 24.3 Å². The molecule has 0 spiro atoms. The second-order valence-corrected chi connectivity index (χ2v) is 6.37. The highest BCUT2D eigenvalue weighted by Crippen LogP contribution is 2.26. The highest BCUT2D eigenvalue weighted by atomic mass is 16.5. The lowest BCUT2D eigenvalue weighted by molar-refractivity contribution is -0.140. The lowest BCUT2D eigenvalue weighted by Crippen LogP contribution is -2.23. The van der Waals surface area contributed by atoms with Gasteiger partial charge in [0.2, 0.25) is 0 Å². The predicted molar refractivity (Wildman–Crippen MR) is 110 cm³/mol. The summed E-state index contributed by atoms with van der Waals surface area (Å²) in [6, 6.07) is 10.8. The Morgan fingerprint density at radius 3 is 2.21 bits per heavy atom. The molecule has 2 rings (SSSR count). The van der Waals surface area contributed by atoms with Gasteiger partial charge in [0.05, 0.1) is 26.2 Å². The van der Waals surface area contributed by atoms with Crippen LogP contribution in [0.1, 0.15) is 31.3 Å². The van der Waals surface area contributed by atoms with Crippen molar-refractivity contribution in [2.75, 3.05) is 32.2 Å². The van der Waals surface area contributed by atoms with Crippen molar-refractivity contribution in [3.63, 3.8) is 0 Å². The van der Waals surface area contributed by atoms with Crippen LogP contribution in [-0.2, 0) is 14.3 Å². The number of hydrogen-bond acceptors (Lipinski definition) is 6. The summed E-state index contributed by atoms with van der Waals surface area (Å²) < 4.78 is 12.0. The number of esters is 1. The van der Waals surface area contributed by atoms with Gasteiger partial charge in [0, 0.05) is 12.7 Å². The monoisotopic (exact) mass is 404 g/mol. The highest BCUT2D eigenvalue weighted by Gasteiger charge is 2.19. The fourth-order valence-electron chi connectivity index (χ4n) is 2.30. The van der Waals surface area contributed by atoms with Crippen molar-refractivity contribution in [2.24, 2.45) is 5.92 Å². The molecule has 8 nitrogen and oxygen atoms in total. The number of carboxylic acids is 1. The Morgan fingerprint density at radius 1 is 1.17 bits per heavy atom. The van der Waals surface area contributed by atoms with Crippen LogP contribution in [0.15, 0.2) is 36.4 Å². The Labute approximate surface area is 170 Å². The Hall–Kier alpha value is -3.29. The van der Waals surface area contributed by atoms with E-state index in [1.807, 2.05) is 24.3 Å². The van der Waals surface area contributed by atoms with Crippen LogP contribution in [0.4, 0.5) is 5.82 Å². The van der Waals surface area contributed by atoms with Gasteiger partial charge in [-0.3, -0.25) is 9.36 Å². The third kappa shape index (κ3) is 6.67. The van der Waals surface area contributed by atoms with E-state index in [1.165, 1.54) is 0 Å². The van der Waals surface area contributed by atoms with E-state index in [2.05, 4.69) is 0 Å². The fourth-order valence-corrected chi connectivity index (χ4v) is 2.30. The first-order chi connectivity index (χ1) is 13.8. The van der Waals surface area contributed by atoms with E-state index >= 15 is 0 Å². The number of benzene rings is 1. The molecule has 29 heavy (non-hydrogen) atoms. The second-order valence-electron chi connectivity index (χ2n) is 6.37. The van der Waals surface area contributed by atoms with Gasteiger partial charge >= 0.3 is 11.9 Å². The standard InChI is InChI=1S/C17H20N2O4.C4H8O2/c1-4-23-17(21)15-9-10-16(18(2)11-12-20)19(15)13-5-7-14(22-3)8-6-13;1-3(2)4(5)6/h5-10,12H,4,11H2,1-3H3;3H,1-2H3,(H,5,6).